The van der Waals surface area contributed by atoms with Crippen LogP contribution in [-0.4, -0.2) is 33.4 Å². The van der Waals surface area contributed by atoms with Gasteiger partial charge in [-0.15, -0.1) is 0 Å². The second-order valence-corrected chi connectivity index (χ2v) is 9.21. The summed E-state index contributed by atoms with van der Waals surface area (Å²) in [6.07, 6.45) is 7.83. The Kier molecular flexibility index (Phi) is 9.59. The van der Waals surface area contributed by atoms with E-state index in [0.29, 0.717) is 12.0 Å². The molecule has 34 heavy (non-hydrogen) atoms. The summed E-state index contributed by atoms with van der Waals surface area (Å²) in [6.45, 7) is 11.1. The minimum atomic E-state index is -1.02. The molecule has 0 saturated heterocycles. The van der Waals surface area contributed by atoms with Gasteiger partial charge < -0.3 is 20.1 Å². The monoisotopic (exact) mass is 468 g/mol. The number of aryl methyl sites for hydroxylation is 1. The number of carbonyl (C=O) groups is 2. The molecule has 1 aliphatic carbocycles. The van der Waals surface area contributed by atoms with Crippen LogP contribution in [0, 0.1) is 25.7 Å². The summed E-state index contributed by atoms with van der Waals surface area (Å²) in [4.78, 5) is 23.5. The second kappa shape index (κ2) is 12.0. The second-order valence-electron chi connectivity index (χ2n) is 9.21. The number of carboxylic acids is 1. The van der Waals surface area contributed by atoms with Crippen LogP contribution in [0.2, 0.25) is 0 Å². The highest BCUT2D eigenvalue weighted by molar-refractivity contribution is 5.80. The Bertz CT molecular complexity index is 1030. The zero-order valence-corrected chi connectivity index (χ0v) is 20.8. The van der Waals surface area contributed by atoms with Crippen molar-refractivity contribution in [3.05, 3.63) is 82.0 Å². The van der Waals surface area contributed by atoms with Crippen molar-refractivity contribution in [2.24, 2.45) is 11.8 Å². The fourth-order valence-electron chi connectivity index (χ4n) is 4.10. The molecule has 0 radical (unpaired) electrons. The number of fused-ring (bicyclic) bond motifs is 1. The Hall–Kier alpha value is -2.96. The summed E-state index contributed by atoms with van der Waals surface area (Å²) in [5.74, 6) is -2.32. The number of hydrogen-bond acceptors (Lipinski definition) is 5. The highest BCUT2D eigenvalue weighted by atomic mass is 16.5. The summed E-state index contributed by atoms with van der Waals surface area (Å²) in [6, 6.07) is 3.88. The van der Waals surface area contributed by atoms with Gasteiger partial charge in [-0.2, -0.15) is 0 Å². The minimum Gasteiger partial charge on any atom is -0.478 e. The zero-order chi connectivity index (χ0) is 25.6. The fourth-order valence-corrected chi connectivity index (χ4v) is 4.10. The predicted octanol–water partition coefficient (Wildman–Crippen LogP) is 5.05. The van der Waals surface area contributed by atoms with E-state index in [1.165, 1.54) is 6.08 Å². The van der Waals surface area contributed by atoms with Crippen molar-refractivity contribution in [2.45, 2.75) is 66.3 Å². The van der Waals surface area contributed by atoms with E-state index >= 15 is 0 Å². The van der Waals surface area contributed by atoms with Crippen LogP contribution in [0.25, 0.3) is 0 Å². The third-order valence-corrected chi connectivity index (χ3v) is 6.47. The van der Waals surface area contributed by atoms with Crippen LogP contribution in [0.15, 0.2) is 59.7 Å². The van der Waals surface area contributed by atoms with Crippen molar-refractivity contribution in [3.8, 4) is 0 Å². The van der Waals surface area contributed by atoms with Crippen molar-refractivity contribution in [1.29, 1.82) is 0 Å². The van der Waals surface area contributed by atoms with E-state index in [4.69, 9.17) is 9.84 Å². The van der Waals surface area contributed by atoms with Gasteiger partial charge in [0, 0.05) is 11.6 Å². The Morgan fingerprint density at radius 3 is 2.41 bits per heavy atom. The lowest BCUT2D eigenvalue weighted by atomic mass is 9.78. The van der Waals surface area contributed by atoms with Gasteiger partial charge in [-0.25, -0.2) is 4.79 Å². The molecule has 0 bridgehead atoms. The number of hydrogen-bond donors (Lipinski definition) is 3. The first-order valence-corrected chi connectivity index (χ1v) is 11.5. The minimum absolute atomic E-state index is 0.0546. The maximum atomic E-state index is 13.0. The van der Waals surface area contributed by atoms with Crippen LogP contribution < -0.4 is 0 Å². The van der Waals surface area contributed by atoms with Crippen LogP contribution >= 0.6 is 0 Å². The van der Waals surface area contributed by atoms with Crippen molar-refractivity contribution >= 4 is 11.9 Å². The molecule has 0 saturated carbocycles. The molecule has 1 aromatic rings. The highest BCUT2D eigenvalue weighted by Crippen LogP contribution is 2.44. The smallest absolute Gasteiger partial charge is 0.328 e. The Balaban J connectivity index is 2.11. The van der Waals surface area contributed by atoms with Crippen LogP contribution in [-0.2, 0) is 14.3 Å². The number of esters is 1. The number of allylic oxidation sites excluding steroid dienone is 6. The molecule has 3 N–H and O–H groups in total. The topological polar surface area (TPSA) is 104 Å². The molecule has 1 aromatic carbocycles. The quantitative estimate of drug-likeness (QED) is 0.280. The molecule has 0 aliphatic heterocycles. The molecule has 0 heterocycles. The molecule has 6 nitrogen and oxygen atoms in total. The molecule has 0 aromatic heterocycles. The lowest BCUT2D eigenvalue weighted by molar-refractivity contribution is -0.159. The van der Waals surface area contributed by atoms with Gasteiger partial charge in [-0.1, -0.05) is 55.0 Å². The number of benzene rings is 1. The molecular weight excluding hydrogens is 432 g/mol. The van der Waals surface area contributed by atoms with Crippen LogP contribution in [0.1, 0.15) is 68.6 Å². The van der Waals surface area contributed by atoms with Crippen LogP contribution in [0.4, 0.5) is 0 Å². The van der Waals surface area contributed by atoms with Gasteiger partial charge in [0.05, 0.1) is 18.1 Å². The summed E-state index contributed by atoms with van der Waals surface area (Å²) in [5, 5.41) is 30.0. The summed E-state index contributed by atoms with van der Waals surface area (Å²) < 4.78 is 5.89. The van der Waals surface area contributed by atoms with Crippen LogP contribution in [0.5, 0.6) is 0 Å². The van der Waals surface area contributed by atoms with E-state index in [1.807, 2.05) is 39.8 Å². The third kappa shape index (κ3) is 6.78. The van der Waals surface area contributed by atoms with Crippen LogP contribution in [0.3, 0.4) is 0 Å². The SMILES string of the molecule is CC(/C=C/C=C(\C)[C@H](O)[C@H](C)C(=O)O[C@H]1C[C@@H](C)[C@@H](O)c2ccc(C)c(C)c21)=C\C=C\C(=O)O. The highest BCUT2D eigenvalue weighted by Gasteiger charge is 2.36. The summed E-state index contributed by atoms with van der Waals surface area (Å²) >= 11 is 0. The average molecular weight is 469 g/mol. The average Bonchev–Trinajstić information content (AvgIpc) is 2.77. The largest absolute Gasteiger partial charge is 0.478 e. The number of carboxylic acid groups (broad SMARTS) is 1. The van der Waals surface area contributed by atoms with E-state index in [9.17, 15) is 19.8 Å². The molecule has 1 aliphatic rings. The maximum absolute atomic E-state index is 13.0. The molecule has 0 amide bonds. The molecule has 0 fully saturated rings. The molecular formula is C28H36O6. The van der Waals surface area contributed by atoms with Gasteiger partial charge in [0.15, 0.2) is 0 Å². The first-order valence-electron chi connectivity index (χ1n) is 11.5. The van der Waals surface area contributed by atoms with E-state index in [0.717, 1.165) is 33.9 Å². The van der Waals surface area contributed by atoms with E-state index in [2.05, 4.69) is 0 Å². The lowest BCUT2D eigenvalue weighted by Gasteiger charge is -2.35. The third-order valence-electron chi connectivity index (χ3n) is 6.47. The number of carbonyl (C=O) groups excluding carboxylic acids is 1. The van der Waals surface area contributed by atoms with Gasteiger partial charge in [0.1, 0.15) is 6.10 Å². The molecule has 5 atom stereocenters. The van der Waals surface area contributed by atoms with Crippen molar-refractivity contribution in [2.75, 3.05) is 0 Å². The Morgan fingerprint density at radius 1 is 1.12 bits per heavy atom. The van der Waals surface area contributed by atoms with Gasteiger partial charge in [0.25, 0.3) is 0 Å². The number of aliphatic carboxylic acids is 1. The number of rotatable bonds is 8. The van der Waals surface area contributed by atoms with Crippen molar-refractivity contribution < 1.29 is 29.6 Å². The standard InChI is InChI=1S/C28H36O6/c1-16(10-8-12-24(29)30)9-7-11-18(3)26(31)21(6)28(33)34-23-15-19(4)27(32)22-14-13-17(2)20(5)25(22)23/h7-14,19,21,23,26-27,31-32H,15H2,1-6H3,(H,29,30)/b9-7+,12-8+,16-10+,18-11+/t19-,21+,23+,26+,27-/m1/s1. The Morgan fingerprint density at radius 2 is 1.76 bits per heavy atom. The van der Waals surface area contributed by atoms with Gasteiger partial charge in [0.2, 0.25) is 0 Å². The Labute approximate surface area is 202 Å². The molecule has 0 spiro atoms. The molecule has 2 rings (SSSR count). The van der Waals surface area contributed by atoms with E-state index in [-0.39, 0.29) is 5.92 Å². The van der Waals surface area contributed by atoms with Crippen molar-refractivity contribution in [1.82, 2.24) is 0 Å². The van der Waals surface area contributed by atoms with Gasteiger partial charge >= 0.3 is 11.9 Å². The number of aliphatic hydroxyl groups is 2. The van der Waals surface area contributed by atoms with Gasteiger partial charge in [-0.3, -0.25) is 4.79 Å². The summed E-state index contributed by atoms with van der Waals surface area (Å²) in [5.41, 5.74) is 5.20. The number of ether oxygens (including phenoxy) is 1. The van der Waals surface area contributed by atoms with E-state index < -0.39 is 36.2 Å². The maximum Gasteiger partial charge on any atom is 0.328 e. The molecule has 0 unspecified atom stereocenters. The fraction of sp³-hybridized carbons (Fsp3) is 0.429. The number of aliphatic hydroxyl groups excluding tert-OH is 2. The normalized spacial score (nSPS) is 23.1. The van der Waals surface area contributed by atoms with E-state index in [1.54, 1.807) is 38.2 Å². The zero-order valence-electron chi connectivity index (χ0n) is 20.8. The lowest BCUT2D eigenvalue weighted by Crippen LogP contribution is -2.32. The summed E-state index contributed by atoms with van der Waals surface area (Å²) in [7, 11) is 0. The van der Waals surface area contributed by atoms with Crippen molar-refractivity contribution in [3.63, 3.8) is 0 Å². The molecule has 184 valence electrons. The first kappa shape index (κ1) is 27.3. The first-order chi connectivity index (χ1) is 15.9. The van der Waals surface area contributed by atoms with Gasteiger partial charge in [-0.05, 0) is 69.2 Å². The molecule has 6 heteroatoms. The predicted molar refractivity (Wildman–Crippen MR) is 132 cm³/mol.